The molecule has 1 heterocycles. The summed E-state index contributed by atoms with van der Waals surface area (Å²) in [5, 5.41) is 6.19. The Morgan fingerprint density at radius 2 is 1.77 bits per heavy atom. The molecule has 2 N–H and O–H groups in total. The van der Waals surface area contributed by atoms with Gasteiger partial charge in [0.25, 0.3) is 5.91 Å². The first-order valence-corrected chi connectivity index (χ1v) is 9.86. The lowest BCUT2D eigenvalue weighted by molar-refractivity contribution is 0.0925. The van der Waals surface area contributed by atoms with Crippen molar-refractivity contribution in [1.82, 2.24) is 15.5 Å². The molecule has 0 saturated heterocycles. The van der Waals surface area contributed by atoms with Gasteiger partial charge < -0.3 is 29.4 Å². The summed E-state index contributed by atoms with van der Waals surface area (Å²) < 4.78 is 16.0. The average Bonchev–Trinajstić information content (AvgIpc) is 3.17. The maximum atomic E-state index is 12.0. The molecule has 0 unspecified atom stereocenters. The van der Waals surface area contributed by atoms with Gasteiger partial charge in [-0.2, -0.15) is 0 Å². The lowest BCUT2D eigenvalue weighted by Gasteiger charge is -2.23. The first kappa shape index (κ1) is 23.1. The summed E-state index contributed by atoms with van der Waals surface area (Å²) in [6.45, 7) is 5.78. The Bertz CT molecular complexity index is 876. The predicted molar refractivity (Wildman–Crippen MR) is 118 cm³/mol. The number of nitrogens with one attached hydrogen (secondary N) is 2. The summed E-state index contributed by atoms with van der Waals surface area (Å²) in [7, 11) is 6.99. The zero-order chi connectivity index (χ0) is 22.1. The van der Waals surface area contributed by atoms with Crippen molar-refractivity contribution in [3.63, 3.8) is 0 Å². The van der Waals surface area contributed by atoms with Crippen LogP contribution in [0.5, 0.6) is 11.5 Å². The molecule has 30 heavy (non-hydrogen) atoms. The van der Waals surface area contributed by atoms with Crippen molar-refractivity contribution < 1.29 is 18.7 Å². The van der Waals surface area contributed by atoms with E-state index in [2.05, 4.69) is 15.6 Å². The highest BCUT2D eigenvalue weighted by Crippen LogP contribution is 2.30. The van der Waals surface area contributed by atoms with Crippen molar-refractivity contribution in [1.29, 1.82) is 0 Å². The number of guanidine groups is 1. The Balaban J connectivity index is 1.83. The van der Waals surface area contributed by atoms with Gasteiger partial charge >= 0.3 is 0 Å². The standard InChI is InChI=1S/C22H32N4O4/c1-15-8-11-30-20(15)21(27)24-9-7-10-25-22(23-3)26(4)14-17-13-19(29-6)18(28-5)12-16(17)2/h8,11-13H,7,9-10,14H2,1-6H3,(H,23,25)(H,24,27). The van der Waals surface area contributed by atoms with Gasteiger partial charge in [-0.05, 0) is 49.6 Å². The summed E-state index contributed by atoms with van der Waals surface area (Å²) in [5.41, 5.74) is 3.07. The van der Waals surface area contributed by atoms with Gasteiger partial charge in [-0.25, -0.2) is 0 Å². The number of hydrogen-bond donors (Lipinski definition) is 2. The van der Waals surface area contributed by atoms with E-state index < -0.39 is 0 Å². The van der Waals surface area contributed by atoms with E-state index >= 15 is 0 Å². The summed E-state index contributed by atoms with van der Waals surface area (Å²) in [6, 6.07) is 5.74. The normalized spacial score (nSPS) is 11.2. The Kier molecular flexibility index (Phi) is 8.58. The molecule has 0 aliphatic heterocycles. The summed E-state index contributed by atoms with van der Waals surface area (Å²) >= 11 is 0. The van der Waals surface area contributed by atoms with Gasteiger partial charge in [-0.1, -0.05) is 0 Å². The third-order valence-corrected chi connectivity index (χ3v) is 4.81. The van der Waals surface area contributed by atoms with E-state index in [-0.39, 0.29) is 5.91 Å². The lowest BCUT2D eigenvalue weighted by atomic mass is 10.1. The number of aryl methyl sites for hydroxylation is 2. The van der Waals surface area contributed by atoms with Crippen LogP contribution in [0.1, 0.15) is 33.7 Å². The maximum Gasteiger partial charge on any atom is 0.287 e. The fraction of sp³-hybridized carbons (Fsp3) is 0.455. The number of rotatable bonds is 9. The highest BCUT2D eigenvalue weighted by Gasteiger charge is 2.13. The van der Waals surface area contributed by atoms with Crippen LogP contribution in [-0.4, -0.2) is 58.2 Å². The van der Waals surface area contributed by atoms with Crippen LogP contribution in [0.25, 0.3) is 0 Å². The number of furan rings is 1. The summed E-state index contributed by atoms with van der Waals surface area (Å²) in [5.74, 6) is 2.37. The Morgan fingerprint density at radius 1 is 1.10 bits per heavy atom. The van der Waals surface area contributed by atoms with Crippen LogP contribution in [0.15, 0.2) is 33.9 Å². The van der Waals surface area contributed by atoms with Crippen LogP contribution in [-0.2, 0) is 6.54 Å². The van der Waals surface area contributed by atoms with Crippen molar-refractivity contribution in [3.8, 4) is 11.5 Å². The molecule has 1 aromatic carbocycles. The van der Waals surface area contributed by atoms with Gasteiger partial charge in [-0.15, -0.1) is 0 Å². The molecule has 0 spiro atoms. The summed E-state index contributed by atoms with van der Waals surface area (Å²) in [6.07, 6.45) is 2.28. The maximum absolute atomic E-state index is 12.0. The van der Waals surface area contributed by atoms with E-state index in [9.17, 15) is 4.79 Å². The van der Waals surface area contributed by atoms with Gasteiger partial charge in [0.05, 0.1) is 20.5 Å². The average molecular weight is 417 g/mol. The van der Waals surface area contributed by atoms with Crippen LogP contribution in [0.3, 0.4) is 0 Å². The van der Waals surface area contributed by atoms with E-state index in [0.29, 0.717) is 31.1 Å². The second kappa shape index (κ2) is 11.1. The van der Waals surface area contributed by atoms with Crippen molar-refractivity contribution in [2.24, 2.45) is 4.99 Å². The number of methoxy groups -OCH3 is 2. The number of carbonyl (C=O) groups excluding carboxylic acids is 1. The fourth-order valence-corrected chi connectivity index (χ4v) is 3.08. The molecule has 0 saturated carbocycles. The van der Waals surface area contributed by atoms with Crippen molar-refractivity contribution in [2.75, 3.05) is 41.4 Å². The van der Waals surface area contributed by atoms with Crippen LogP contribution in [0, 0.1) is 13.8 Å². The number of amides is 1. The van der Waals surface area contributed by atoms with Gasteiger partial charge in [0.15, 0.2) is 23.2 Å². The molecular formula is C22H32N4O4. The monoisotopic (exact) mass is 416 g/mol. The van der Waals surface area contributed by atoms with E-state index in [4.69, 9.17) is 13.9 Å². The zero-order valence-corrected chi connectivity index (χ0v) is 18.7. The Labute approximate surface area is 178 Å². The van der Waals surface area contributed by atoms with Gasteiger partial charge in [0.1, 0.15) is 0 Å². The minimum absolute atomic E-state index is 0.192. The minimum atomic E-state index is -0.192. The van der Waals surface area contributed by atoms with Crippen molar-refractivity contribution >= 4 is 11.9 Å². The molecule has 164 valence electrons. The number of nitrogens with zero attached hydrogens (tertiary/aromatic N) is 2. The van der Waals surface area contributed by atoms with Gasteiger partial charge in [-0.3, -0.25) is 9.79 Å². The number of hydrogen-bond acceptors (Lipinski definition) is 5. The van der Waals surface area contributed by atoms with Crippen LogP contribution in [0.2, 0.25) is 0 Å². The topological polar surface area (TPSA) is 88.3 Å². The smallest absolute Gasteiger partial charge is 0.287 e. The van der Waals surface area contributed by atoms with E-state index in [1.54, 1.807) is 27.3 Å². The molecule has 0 aliphatic rings. The van der Waals surface area contributed by atoms with E-state index in [0.717, 1.165) is 34.8 Å². The zero-order valence-electron chi connectivity index (χ0n) is 18.7. The number of ether oxygens (including phenoxy) is 2. The lowest BCUT2D eigenvalue weighted by Crippen LogP contribution is -2.39. The molecule has 2 rings (SSSR count). The molecule has 2 aromatic rings. The largest absolute Gasteiger partial charge is 0.493 e. The SMILES string of the molecule is CN=C(NCCCNC(=O)c1occc1C)N(C)Cc1cc(OC)c(OC)cc1C. The fourth-order valence-electron chi connectivity index (χ4n) is 3.08. The first-order chi connectivity index (χ1) is 14.4. The molecule has 1 aromatic heterocycles. The number of aliphatic imine (C=N–C) groups is 1. The second-order valence-corrected chi connectivity index (χ2v) is 7.01. The highest BCUT2D eigenvalue weighted by molar-refractivity contribution is 5.92. The molecule has 0 atom stereocenters. The summed E-state index contributed by atoms with van der Waals surface area (Å²) in [4.78, 5) is 18.4. The predicted octanol–water partition coefficient (Wildman–Crippen LogP) is 2.74. The molecule has 8 nitrogen and oxygen atoms in total. The van der Waals surface area contributed by atoms with Crippen molar-refractivity contribution in [2.45, 2.75) is 26.8 Å². The third kappa shape index (κ3) is 5.92. The molecular weight excluding hydrogens is 384 g/mol. The van der Waals surface area contributed by atoms with E-state index in [1.165, 1.54) is 6.26 Å². The molecule has 8 heteroatoms. The van der Waals surface area contributed by atoms with Gasteiger partial charge in [0.2, 0.25) is 0 Å². The number of benzene rings is 1. The Hall–Kier alpha value is -3.16. The molecule has 0 aliphatic carbocycles. The van der Waals surface area contributed by atoms with Crippen LogP contribution >= 0.6 is 0 Å². The van der Waals surface area contributed by atoms with Gasteiger partial charge in [0, 0.05) is 39.3 Å². The first-order valence-electron chi connectivity index (χ1n) is 9.86. The molecule has 0 bridgehead atoms. The molecule has 0 radical (unpaired) electrons. The number of carbonyl (C=O) groups is 1. The van der Waals surface area contributed by atoms with Crippen LogP contribution < -0.4 is 20.1 Å². The van der Waals surface area contributed by atoms with E-state index in [1.807, 2.05) is 37.9 Å². The highest BCUT2D eigenvalue weighted by atomic mass is 16.5. The molecule has 1 amide bonds. The van der Waals surface area contributed by atoms with Crippen molar-refractivity contribution in [3.05, 3.63) is 46.9 Å². The second-order valence-electron chi connectivity index (χ2n) is 7.01. The quantitative estimate of drug-likeness (QED) is 0.371. The minimum Gasteiger partial charge on any atom is -0.493 e. The Morgan fingerprint density at radius 3 is 2.37 bits per heavy atom. The molecule has 0 fully saturated rings. The van der Waals surface area contributed by atoms with Crippen LogP contribution in [0.4, 0.5) is 0 Å². The third-order valence-electron chi connectivity index (χ3n) is 4.81.